The summed E-state index contributed by atoms with van der Waals surface area (Å²) in [6.07, 6.45) is 1.88. The van der Waals surface area contributed by atoms with Crippen LogP contribution in [0.3, 0.4) is 0 Å². The summed E-state index contributed by atoms with van der Waals surface area (Å²) >= 11 is 0. The number of carbonyl (C=O) groups excluding carboxylic acids is 2. The zero-order valence-corrected chi connectivity index (χ0v) is 12.5. The molecule has 1 aliphatic heterocycles. The molecule has 1 amide bonds. The molecule has 6 nitrogen and oxygen atoms in total. The van der Waals surface area contributed by atoms with Crippen LogP contribution in [0.5, 0.6) is 5.75 Å². The molecule has 0 radical (unpaired) electrons. The van der Waals surface area contributed by atoms with E-state index in [4.69, 9.17) is 9.84 Å². The van der Waals surface area contributed by atoms with Crippen molar-refractivity contribution in [1.29, 1.82) is 0 Å². The first-order valence-corrected chi connectivity index (χ1v) is 7.23. The average Bonchev–Trinajstić information content (AvgIpc) is 2.53. The molecule has 118 valence electrons. The molecule has 1 heterocycles. The Labute approximate surface area is 132 Å². The first kappa shape index (κ1) is 15.1. The van der Waals surface area contributed by atoms with Crippen LogP contribution in [-0.2, 0) is 14.4 Å². The lowest BCUT2D eigenvalue weighted by molar-refractivity contribution is -0.143. The summed E-state index contributed by atoms with van der Waals surface area (Å²) in [7, 11) is 1.56. The third-order valence-electron chi connectivity index (χ3n) is 4.17. The summed E-state index contributed by atoms with van der Waals surface area (Å²) < 4.78 is 5.33. The van der Waals surface area contributed by atoms with Crippen molar-refractivity contribution >= 4 is 23.4 Å². The number of Topliss-reactive ketones (excluding diaryl/α,β-unsaturated/α-hetero) is 1. The Kier molecular flexibility index (Phi) is 3.82. The van der Waals surface area contributed by atoms with Gasteiger partial charge in [-0.3, -0.25) is 14.4 Å². The molecule has 1 fully saturated rings. The fourth-order valence-corrected chi connectivity index (χ4v) is 3.05. The molecule has 3 rings (SSSR count). The van der Waals surface area contributed by atoms with Crippen molar-refractivity contribution in [3.63, 3.8) is 0 Å². The smallest absolute Gasteiger partial charge is 0.320 e. The van der Waals surface area contributed by atoms with Crippen LogP contribution in [0.15, 0.2) is 40.9 Å². The Bertz CT molecular complexity index is 762. The Morgan fingerprint density at radius 1 is 1.26 bits per heavy atom. The number of carbonyl (C=O) groups is 3. The van der Waals surface area contributed by atoms with Crippen molar-refractivity contribution in [2.75, 3.05) is 7.11 Å². The number of methoxy groups -OCH3 is 1. The predicted octanol–water partition coefficient (Wildman–Crippen LogP) is 1.75. The molecule has 1 saturated carbocycles. The van der Waals surface area contributed by atoms with Gasteiger partial charge in [-0.25, -0.2) is 4.99 Å². The van der Waals surface area contributed by atoms with Crippen molar-refractivity contribution < 1.29 is 24.2 Å². The van der Waals surface area contributed by atoms with Crippen molar-refractivity contribution in [1.82, 2.24) is 0 Å². The molecule has 2 aliphatic rings. The molecule has 1 N–H and O–H groups in total. The number of amides is 1. The van der Waals surface area contributed by atoms with Gasteiger partial charge in [0.15, 0.2) is 11.7 Å². The number of aliphatic carboxylic acids is 1. The van der Waals surface area contributed by atoms with E-state index in [1.807, 2.05) is 24.3 Å². The number of ketones is 1. The van der Waals surface area contributed by atoms with Gasteiger partial charge in [-0.05, 0) is 24.1 Å². The molecule has 1 aliphatic carbocycles. The number of rotatable bonds is 3. The van der Waals surface area contributed by atoms with Crippen LogP contribution in [-0.4, -0.2) is 35.6 Å². The molecule has 0 spiro atoms. The van der Waals surface area contributed by atoms with E-state index < -0.39 is 17.8 Å². The van der Waals surface area contributed by atoms with Gasteiger partial charge >= 0.3 is 5.97 Å². The minimum Gasteiger partial charge on any atom is -0.496 e. The van der Waals surface area contributed by atoms with Gasteiger partial charge in [-0.15, -0.1) is 0 Å². The lowest BCUT2D eigenvalue weighted by Crippen LogP contribution is -2.33. The van der Waals surface area contributed by atoms with Gasteiger partial charge in [-0.1, -0.05) is 18.2 Å². The minimum atomic E-state index is -1.36. The van der Waals surface area contributed by atoms with E-state index in [2.05, 4.69) is 4.99 Å². The van der Waals surface area contributed by atoms with Crippen LogP contribution in [0.4, 0.5) is 0 Å². The monoisotopic (exact) mass is 313 g/mol. The number of para-hydroxylation sites is 1. The SMILES string of the molecule is COc1ccccc1C1CC(=O)C2=CC(C(=O)O)C(=O)N=C2C1. The summed E-state index contributed by atoms with van der Waals surface area (Å²) in [5.74, 6) is -3.02. The molecule has 1 aromatic rings. The summed E-state index contributed by atoms with van der Waals surface area (Å²) in [6.45, 7) is 0. The standard InChI is InChI=1S/C17H15NO5/c1-23-15-5-3-2-4-10(15)9-6-13-11(14(19)7-9)8-12(17(21)22)16(20)18-13/h2-5,8-9,12H,6-7H2,1H3,(H,21,22). The number of fused-ring (bicyclic) bond motifs is 1. The molecule has 0 aromatic heterocycles. The largest absolute Gasteiger partial charge is 0.496 e. The number of carboxylic acid groups (broad SMARTS) is 1. The van der Waals surface area contributed by atoms with E-state index in [-0.39, 0.29) is 23.7 Å². The molecule has 23 heavy (non-hydrogen) atoms. The molecule has 1 aromatic carbocycles. The lowest BCUT2D eigenvalue weighted by Gasteiger charge is -2.28. The first-order chi connectivity index (χ1) is 11.0. The van der Waals surface area contributed by atoms with E-state index in [1.54, 1.807) is 7.11 Å². The van der Waals surface area contributed by atoms with Crippen LogP contribution in [0, 0.1) is 5.92 Å². The third kappa shape index (κ3) is 2.67. The van der Waals surface area contributed by atoms with Gasteiger partial charge in [0.05, 0.1) is 12.8 Å². The number of hydrogen-bond acceptors (Lipinski definition) is 4. The zero-order valence-electron chi connectivity index (χ0n) is 12.5. The fourth-order valence-electron chi connectivity index (χ4n) is 3.05. The highest BCUT2D eigenvalue weighted by Gasteiger charge is 2.37. The van der Waals surface area contributed by atoms with Crippen molar-refractivity contribution in [2.24, 2.45) is 10.9 Å². The highest BCUT2D eigenvalue weighted by molar-refractivity contribution is 6.29. The van der Waals surface area contributed by atoms with Crippen molar-refractivity contribution in [3.8, 4) is 5.75 Å². The van der Waals surface area contributed by atoms with E-state index in [0.717, 1.165) is 5.56 Å². The van der Waals surface area contributed by atoms with E-state index >= 15 is 0 Å². The van der Waals surface area contributed by atoms with Crippen LogP contribution < -0.4 is 4.74 Å². The number of nitrogens with zero attached hydrogens (tertiary/aromatic N) is 1. The normalized spacial score (nSPS) is 23.7. The van der Waals surface area contributed by atoms with Crippen LogP contribution >= 0.6 is 0 Å². The predicted molar refractivity (Wildman–Crippen MR) is 81.6 cm³/mol. The fraction of sp³-hybridized carbons (Fsp3) is 0.294. The molecule has 0 bridgehead atoms. The Morgan fingerprint density at radius 3 is 2.70 bits per heavy atom. The maximum atomic E-state index is 12.4. The van der Waals surface area contributed by atoms with E-state index in [9.17, 15) is 14.4 Å². The molecule has 2 atom stereocenters. The number of dihydropyridines is 1. The second-order valence-electron chi connectivity index (χ2n) is 5.56. The van der Waals surface area contributed by atoms with Crippen molar-refractivity contribution in [3.05, 3.63) is 41.5 Å². The maximum Gasteiger partial charge on any atom is 0.320 e. The number of ether oxygens (including phenoxy) is 1. The van der Waals surface area contributed by atoms with E-state index in [1.165, 1.54) is 6.08 Å². The lowest BCUT2D eigenvalue weighted by atomic mass is 9.77. The van der Waals surface area contributed by atoms with Crippen LogP contribution in [0.2, 0.25) is 0 Å². The van der Waals surface area contributed by atoms with E-state index in [0.29, 0.717) is 17.9 Å². The Morgan fingerprint density at radius 2 is 2.00 bits per heavy atom. The Hall–Kier alpha value is -2.76. The van der Waals surface area contributed by atoms with Gasteiger partial charge in [0.25, 0.3) is 5.91 Å². The van der Waals surface area contributed by atoms with Gasteiger partial charge in [0.2, 0.25) is 0 Å². The second-order valence-corrected chi connectivity index (χ2v) is 5.56. The topological polar surface area (TPSA) is 93.0 Å². The van der Waals surface area contributed by atoms with Gasteiger partial charge in [-0.2, -0.15) is 0 Å². The average molecular weight is 313 g/mol. The Balaban J connectivity index is 1.95. The quantitative estimate of drug-likeness (QED) is 0.858. The first-order valence-electron chi connectivity index (χ1n) is 7.23. The number of aliphatic imine (C=N–C) groups is 1. The summed E-state index contributed by atoms with van der Waals surface area (Å²) in [5, 5.41) is 9.02. The van der Waals surface area contributed by atoms with Crippen LogP contribution in [0.25, 0.3) is 0 Å². The van der Waals surface area contributed by atoms with Crippen LogP contribution in [0.1, 0.15) is 24.3 Å². The molecule has 0 saturated heterocycles. The summed E-state index contributed by atoms with van der Waals surface area (Å²) in [4.78, 5) is 39.1. The highest BCUT2D eigenvalue weighted by Crippen LogP contribution is 2.38. The summed E-state index contributed by atoms with van der Waals surface area (Å²) in [5.41, 5.74) is 1.53. The number of hydrogen-bond donors (Lipinski definition) is 1. The number of benzene rings is 1. The molecule has 6 heteroatoms. The highest BCUT2D eigenvalue weighted by atomic mass is 16.5. The van der Waals surface area contributed by atoms with Gasteiger partial charge in [0.1, 0.15) is 5.75 Å². The molecular weight excluding hydrogens is 298 g/mol. The van der Waals surface area contributed by atoms with Gasteiger partial charge < -0.3 is 9.84 Å². The van der Waals surface area contributed by atoms with Crippen molar-refractivity contribution in [2.45, 2.75) is 18.8 Å². The molecule has 2 unspecified atom stereocenters. The summed E-state index contributed by atoms with van der Waals surface area (Å²) in [6, 6.07) is 7.41. The van der Waals surface area contributed by atoms with Gasteiger partial charge in [0, 0.05) is 17.9 Å². The second kappa shape index (κ2) is 5.79. The zero-order chi connectivity index (χ0) is 16.6. The minimum absolute atomic E-state index is 0.135. The third-order valence-corrected chi connectivity index (χ3v) is 4.17. The number of allylic oxidation sites excluding steroid dienone is 1. The molecular formula is C17H15NO5. The maximum absolute atomic E-state index is 12.4. The number of carboxylic acids is 1.